The zero-order valence-electron chi connectivity index (χ0n) is 11.1. The highest BCUT2D eigenvalue weighted by Gasteiger charge is 2.36. The molecule has 2 N–H and O–H groups in total. The van der Waals surface area contributed by atoms with E-state index in [1.807, 2.05) is 0 Å². The van der Waals surface area contributed by atoms with Crippen molar-refractivity contribution in [2.24, 2.45) is 5.73 Å². The Kier molecular flexibility index (Phi) is 4.39. The lowest BCUT2D eigenvalue weighted by molar-refractivity contribution is 0.00508. The molecule has 0 spiro atoms. The van der Waals surface area contributed by atoms with Gasteiger partial charge in [-0.1, -0.05) is 25.6 Å². The van der Waals surface area contributed by atoms with Gasteiger partial charge >= 0.3 is 0 Å². The highest BCUT2D eigenvalue weighted by atomic mass is 32.1. The van der Waals surface area contributed by atoms with E-state index in [1.165, 1.54) is 32.4 Å². The predicted octanol–water partition coefficient (Wildman–Crippen LogP) is 1.61. The standard InChI is InChI=1S/C13H25N3S/c1-3-12(13(14)17)16-9-11-6-4-5-7-15(11)8-10(16)2/h10-12H,3-9H2,1-2H3,(H2,14,17). The van der Waals surface area contributed by atoms with Gasteiger partial charge in [0, 0.05) is 25.2 Å². The molecule has 0 aliphatic carbocycles. The van der Waals surface area contributed by atoms with Gasteiger partial charge in [0.2, 0.25) is 0 Å². The molecule has 0 bridgehead atoms. The minimum atomic E-state index is 0.295. The molecule has 4 heteroatoms. The zero-order chi connectivity index (χ0) is 12.4. The van der Waals surface area contributed by atoms with Crippen LogP contribution in [0, 0.1) is 0 Å². The highest BCUT2D eigenvalue weighted by molar-refractivity contribution is 7.80. The van der Waals surface area contributed by atoms with Crippen molar-refractivity contribution < 1.29 is 0 Å². The summed E-state index contributed by atoms with van der Waals surface area (Å²) < 4.78 is 0. The summed E-state index contributed by atoms with van der Waals surface area (Å²) >= 11 is 5.22. The summed E-state index contributed by atoms with van der Waals surface area (Å²) in [7, 11) is 0. The molecule has 2 heterocycles. The molecule has 2 saturated heterocycles. The Bertz CT molecular complexity index is 282. The molecule has 2 fully saturated rings. The molecule has 0 saturated carbocycles. The molecule has 0 radical (unpaired) electrons. The summed E-state index contributed by atoms with van der Waals surface area (Å²) in [5.74, 6) is 0. The van der Waals surface area contributed by atoms with Crippen LogP contribution in [0.3, 0.4) is 0 Å². The summed E-state index contributed by atoms with van der Waals surface area (Å²) in [6.45, 7) is 8.11. The number of piperazine rings is 1. The Balaban J connectivity index is 2.05. The molecule has 3 nitrogen and oxygen atoms in total. The monoisotopic (exact) mass is 255 g/mol. The number of hydrogen-bond donors (Lipinski definition) is 1. The fraction of sp³-hybridized carbons (Fsp3) is 0.923. The minimum absolute atomic E-state index is 0.295. The number of fused-ring (bicyclic) bond motifs is 1. The van der Waals surface area contributed by atoms with Crippen molar-refractivity contribution in [3.63, 3.8) is 0 Å². The highest BCUT2D eigenvalue weighted by Crippen LogP contribution is 2.26. The first-order valence-electron chi connectivity index (χ1n) is 6.92. The van der Waals surface area contributed by atoms with Crippen LogP contribution >= 0.6 is 12.2 Å². The second-order valence-electron chi connectivity index (χ2n) is 5.52. The maximum Gasteiger partial charge on any atom is 0.0902 e. The van der Waals surface area contributed by atoms with Crippen molar-refractivity contribution in [2.45, 2.75) is 57.7 Å². The van der Waals surface area contributed by atoms with E-state index in [2.05, 4.69) is 23.6 Å². The van der Waals surface area contributed by atoms with Crippen LogP contribution in [0.1, 0.15) is 39.5 Å². The van der Waals surface area contributed by atoms with E-state index in [0.29, 0.717) is 17.1 Å². The summed E-state index contributed by atoms with van der Waals surface area (Å²) in [6, 6.07) is 1.61. The maximum absolute atomic E-state index is 5.88. The third kappa shape index (κ3) is 2.80. The molecule has 2 aliphatic rings. The van der Waals surface area contributed by atoms with E-state index in [-0.39, 0.29) is 0 Å². The number of nitrogens with two attached hydrogens (primary N) is 1. The smallest absolute Gasteiger partial charge is 0.0902 e. The summed E-state index contributed by atoms with van der Waals surface area (Å²) in [4.78, 5) is 5.87. The van der Waals surface area contributed by atoms with Crippen molar-refractivity contribution in [2.75, 3.05) is 19.6 Å². The Morgan fingerprint density at radius 3 is 2.82 bits per heavy atom. The van der Waals surface area contributed by atoms with Gasteiger partial charge in [-0.05, 0) is 32.7 Å². The van der Waals surface area contributed by atoms with Crippen molar-refractivity contribution in [3.05, 3.63) is 0 Å². The molecule has 0 amide bonds. The van der Waals surface area contributed by atoms with Crippen LogP contribution in [0.25, 0.3) is 0 Å². The van der Waals surface area contributed by atoms with Crippen LogP contribution in [-0.2, 0) is 0 Å². The number of thiocarbonyl (C=S) groups is 1. The van der Waals surface area contributed by atoms with Crippen molar-refractivity contribution in [1.29, 1.82) is 0 Å². The number of rotatable bonds is 3. The van der Waals surface area contributed by atoms with E-state index in [0.717, 1.165) is 19.0 Å². The molecule has 2 rings (SSSR count). The molecule has 0 aromatic carbocycles. The molecule has 2 aliphatic heterocycles. The average Bonchev–Trinajstić information content (AvgIpc) is 2.30. The fourth-order valence-corrected chi connectivity index (χ4v) is 3.71. The summed E-state index contributed by atoms with van der Waals surface area (Å²) in [5.41, 5.74) is 5.88. The molecular weight excluding hydrogens is 230 g/mol. The first-order valence-corrected chi connectivity index (χ1v) is 7.33. The number of piperidine rings is 1. The molecular formula is C13H25N3S. The predicted molar refractivity (Wildman–Crippen MR) is 76.2 cm³/mol. The van der Waals surface area contributed by atoms with E-state index < -0.39 is 0 Å². The molecule has 0 aromatic rings. The quantitative estimate of drug-likeness (QED) is 0.777. The van der Waals surface area contributed by atoms with Crippen LogP contribution in [-0.4, -0.2) is 52.5 Å². The van der Waals surface area contributed by atoms with Crippen LogP contribution in [0.5, 0.6) is 0 Å². The third-order valence-electron chi connectivity index (χ3n) is 4.35. The van der Waals surface area contributed by atoms with E-state index in [9.17, 15) is 0 Å². The van der Waals surface area contributed by atoms with Crippen LogP contribution in [0.15, 0.2) is 0 Å². The lowest BCUT2D eigenvalue weighted by atomic mass is 9.95. The second-order valence-corrected chi connectivity index (χ2v) is 5.99. The normalized spacial score (nSPS) is 33.1. The largest absolute Gasteiger partial charge is 0.392 e. The van der Waals surface area contributed by atoms with Gasteiger partial charge in [-0.3, -0.25) is 9.80 Å². The Morgan fingerprint density at radius 1 is 1.41 bits per heavy atom. The topological polar surface area (TPSA) is 32.5 Å². The number of nitrogens with zero attached hydrogens (tertiary/aromatic N) is 2. The van der Waals surface area contributed by atoms with E-state index in [4.69, 9.17) is 18.0 Å². The molecule has 3 unspecified atom stereocenters. The van der Waals surface area contributed by atoms with E-state index in [1.54, 1.807) is 0 Å². The van der Waals surface area contributed by atoms with Gasteiger partial charge < -0.3 is 5.73 Å². The lowest BCUT2D eigenvalue weighted by Crippen LogP contribution is -2.62. The maximum atomic E-state index is 5.88. The number of hydrogen-bond acceptors (Lipinski definition) is 3. The fourth-order valence-electron chi connectivity index (χ4n) is 3.41. The molecule has 0 aromatic heterocycles. The van der Waals surface area contributed by atoms with Gasteiger partial charge in [-0.25, -0.2) is 0 Å². The van der Waals surface area contributed by atoms with Crippen LogP contribution in [0.2, 0.25) is 0 Å². The Morgan fingerprint density at radius 2 is 2.18 bits per heavy atom. The van der Waals surface area contributed by atoms with Crippen molar-refractivity contribution in [3.8, 4) is 0 Å². The van der Waals surface area contributed by atoms with Gasteiger partial charge in [0.05, 0.1) is 11.0 Å². The van der Waals surface area contributed by atoms with Gasteiger partial charge in [0.25, 0.3) is 0 Å². The summed E-state index contributed by atoms with van der Waals surface area (Å²) in [5, 5.41) is 0. The zero-order valence-corrected chi connectivity index (χ0v) is 11.9. The summed E-state index contributed by atoms with van der Waals surface area (Å²) in [6.07, 6.45) is 5.13. The lowest BCUT2D eigenvalue weighted by Gasteiger charge is -2.49. The van der Waals surface area contributed by atoms with Crippen LogP contribution < -0.4 is 5.73 Å². The third-order valence-corrected chi connectivity index (χ3v) is 4.62. The van der Waals surface area contributed by atoms with E-state index >= 15 is 0 Å². The SMILES string of the molecule is CCC(C(N)=S)N1CC2CCCCN2CC1C. The van der Waals surface area contributed by atoms with Gasteiger partial charge in [-0.2, -0.15) is 0 Å². The van der Waals surface area contributed by atoms with Gasteiger partial charge in [0.15, 0.2) is 0 Å². The van der Waals surface area contributed by atoms with Gasteiger partial charge in [-0.15, -0.1) is 0 Å². The molecule has 98 valence electrons. The first-order chi connectivity index (χ1) is 8.13. The first kappa shape index (κ1) is 13.2. The second kappa shape index (κ2) is 5.63. The Hall–Kier alpha value is -0.190. The Labute approximate surface area is 110 Å². The minimum Gasteiger partial charge on any atom is -0.392 e. The van der Waals surface area contributed by atoms with Crippen molar-refractivity contribution in [1.82, 2.24) is 9.80 Å². The molecule has 17 heavy (non-hydrogen) atoms. The van der Waals surface area contributed by atoms with Crippen molar-refractivity contribution >= 4 is 17.2 Å². The average molecular weight is 255 g/mol. The molecule has 3 atom stereocenters. The van der Waals surface area contributed by atoms with Gasteiger partial charge in [0.1, 0.15) is 0 Å². The van der Waals surface area contributed by atoms with Crippen LogP contribution in [0.4, 0.5) is 0 Å².